The number of halogens is 1. The van der Waals surface area contributed by atoms with Crippen LogP contribution in [0.2, 0.25) is 0 Å². The Balaban J connectivity index is 1.52. The Morgan fingerprint density at radius 2 is 1.71 bits per heavy atom. The van der Waals surface area contributed by atoms with E-state index in [9.17, 15) is 4.39 Å². The average molecular weight is 385 g/mol. The molecule has 1 aliphatic rings. The maximum atomic E-state index is 14.6. The van der Waals surface area contributed by atoms with Crippen LogP contribution >= 0.6 is 0 Å². The fourth-order valence-corrected chi connectivity index (χ4v) is 4.28. The van der Waals surface area contributed by atoms with E-state index in [0.29, 0.717) is 23.7 Å². The lowest BCUT2D eigenvalue weighted by Crippen LogP contribution is -2.15. The van der Waals surface area contributed by atoms with Gasteiger partial charge in [0.1, 0.15) is 5.82 Å². The van der Waals surface area contributed by atoms with Crippen molar-refractivity contribution in [1.82, 2.24) is 10.2 Å². The molecule has 1 heterocycles. The molecule has 28 heavy (non-hydrogen) atoms. The van der Waals surface area contributed by atoms with Gasteiger partial charge in [-0.05, 0) is 55.4 Å². The van der Waals surface area contributed by atoms with Gasteiger partial charge in [-0.25, -0.2) is 4.39 Å². The molecular formula is C24H33FN2O. The Morgan fingerprint density at radius 3 is 2.32 bits per heavy atom. The van der Waals surface area contributed by atoms with Gasteiger partial charge in [0.25, 0.3) is 0 Å². The summed E-state index contributed by atoms with van der Waals surface area (Å²) in [6, 6.07) is 9.02. The van der Waals surface area contributed by atoms with Crippen LogP contribution in [-0.2, 0) is 6.42 Å². The molecule has 3 nitrogen and oxygen atoms in total. The van der Waals surface area contributed by atoms with E-state index in [0.717, 1.165) is 23.8 Å². The van der Waals surface area contributed by atoms with Crippen molar-refractivity contribution in [2.24, 2.45) is 11.8 Å². The first-order valence-corrected chi connectivity index (χ1v) is 10.9. The standard InChI is InChI=1S/C24H33FN2O/c1-3-5-6-18-7-9-19(10-8-18)11-12-20-13-14-21(22(25)17-20)23-15-16-24(27-26-23)28-4-2/h13-19H,3-12H2,1-2H3. The van der Waals surface area contributed by atoms with Crippen molar-refractivity contribution in [2.45, 2.75) is 71.6 Å². The fraction of sp³-hybridized carbons (Fsp3) is 0.583. The SMILES string of the molecule is CCCCC1CCC(CCc2ccc(-c3ccc(OCC)nn3)c(F)c2)CC1. The smallest absolute Gasteiger partial charge is 0.233 e. The van der Waals surface area contributed by atoms with Crippen molar-refractivity contribution in [3.8, 4) is 17.1 Å². The molecule has 1 aromatic heterocycles. The van der Waals surface area contributed by atoms with E-state index in [-0.39, 0.29) is 5.82 Å². The summed E-state index contributed by atoms with van der Waals surface area (Å²) in [5.74, 6) is 1.99. The van der Waals surface area contributed by atoms with E-state index < -0.39 is 0 Å². The second kappa shape index (κ2) is 10.5. The fourth-order valence-electron chi connectivity index (χ4n) is 4.28. The molecule has 1 aliphatic carbocycles. The molecule has 1 saturated carbocycles. The largest absolute Gasteiger partial charge is 0.477 e. The molecule has 4 heteroatoms. The third-order valence-corrected chi connectivity index (χ3v) is 6.02. The third kappa shape index (κ3) is 5.76. The highest BCUT2D eigenvalue weighted by Gasteiger charge is 2.20. The van der Waals surface area contributed by atoms with E-state index in [2.05, 4.69) is 17.1 Å². The second-order valence-corrected chi connectivity index (χ2v) is 8.07. The monoisotopic (exact) mass is 384 g/mol. The molecule has 0 amide bonds. The topological polar surface area (TPSA) is 35.0 Å². The van der Waals surface area contributed by atoms with Crippen molar-refractivity contribution < 1.29 is 9.13 Å². The summed E-state index contributed by atoms with van der Waals surface area (Å²) in [5.41, 5.74) is 2.11. The molecule has 0 radical (unpaired) electrons. The zero-order chi connectivity index (χ0) is 19.8. The maximum absolute atomic E-state index is 14.6. The number of ether oxygens (including phenoxy) is 1. The van der Waals surface area contributed by atoms with Crippen LogP contribution in [-0.4, -0.2) is 16.8 Å². The Bertz CT molecular complexity index is 724. The number of aromatic nitrogens is 2. The highest BCUT2D eigenvalue weighted by Crippen LogP contribution is 2.34. The van der Waals surface area contributed by atoms with Crippen LogP contribution in [0.4, 0.5) is 4.39 Å². The molecule has 0 bridgehead atoms. The summed E-state index contributed by atoms with van der Waals surface area (Å²) in [6.07, 6.45) is 11.7. The molecule has 1 aromatic carbocycles. The first-order valence-electron chi connectivity index (χ1n) is 10.9. The van der Waals surface area contributed by atoms with Crippen LogP contribution in [0, 0.1) is 17.7 Å². The minimum atomic E-state index is -0.223. The van der Waals surface area contributed by atoms with E-state index in [1.807, 2.05) is 19.1 Å². The number of aryl methyl sites for hydroxylation is 1. The van der Waals surface area contributed by atoms with E-state index >= 15 is 0 Å². The van der Waals surface area contributed by atoms with Gasteiger partial charge >= 0.3 is 0 Å². The molecule has 0 aliphatic heterocycles. The van der Waals surface area contributed by atoms with Crippen molar-refractivity contribution in [3.05, 3.63) is 41.7 Å². The highest BCUT2D eigenvalue weighted by atomic mass is 19.1. The van der Waals surface area contributed by atoms with Crippen molar-refractivity contribution in [2.75, 3.05) is 6.61 Å². The lowest BCUT2D eigenvalue weighted by molar-refractivity contribution is 0.250. The van der Waals surface area contributed by atoms with Gasteiger partial charge in [-0.2, -0.15) is 0 Å². The highest BCUT2D eigenvalue weighted by molar-refractivity contribution is 5.60. The predicted octanol–water partition coefficient (Wildman–Crippen LogP) is 6.61. The first kappa shape index (κ1) is 20.8. The van der Waals surface area contributed by atoms with Crippen molar-refractivity contribution >= 4 is 0 Å². The van der Waals surface area contributed by atoms with Crippen LogP contribution in [0.25, 0.3) is 11.3 Å². The lowest BCUT2D eigenvalue weighted by atomic mass is 9.78. The number of benzene rings is 1. The molecule has 0 atom stereocenters. The van der Waals surface area contributed by atoms with Crippen LogP contribution in [0.5, 0.6) is 5.88 Å². The summed E-state index contributed by atoms with van der Waals surface area (Å²) < 4.78 is 19.9. The van der Waals surface area contributed by atoms with Gasteiger partial charge in [0.2, 0.25) is 5.88 Å². The van der Waals surface area contributed by atoms with Crippen LogP contribution in [0.15, 0.2) is 30.3 Å². The maximum Gasteiger partial charge on any atom is 0.233 e. The van der Waals surface area contributed by atoms with Gasteiger partial charge < -0.3 is 4.74 Å². The summed E-state index contributed by atoms with van der Waals surface area (Å²) in [5, 5.41) is 8.08. The Labute approximate surface area is 168 Å². The second-order valence-electron chi connectivity index (χ2n) is 8.07. The molecule has 152 valence electrons. The molecule has 0 unspecified atom stereocenters. The van der Waals surface area contributed by atoms with E-state index in [1.54, 1.807) is 18.2 Å². The normalized spacial score (nSPS) is 19.5. The average Bonchev–Trinajstić information content (AvgIpc) is 2.72. The van der Waals surface area contributed by atoms with Gasteiger partial charge in [-0.3, -0.25) is 0 Å². The minimum absolute atomic E-state index is 0.223. The molecule has 0 spiro atoms. The number of unbranched alkanes of at least 4 members (excludes halogenated alkanes) is 1. The van der Waals surface area contributed by atoms with Crippen molar-refractivity contribution in [1.29, 1.82) is 0 Å². The summed E-state index contributed by atoms with van der Waals surface area (Å²) in [7, 11) is 0. The van der Waals surface area contributed by atoms with Gasteiger partial charge in [0, 0.05) is 11.6 Å². The molecular weight excluding hydrogens is 351 g/mol. The van der Waals surface area contributed by atoms with Gasteiger partial charge in [-0.1, -0.05) is 57.9 Å². The number of rotatable bonds is 9. The number of hydrogen-bond acceptors (Lipinski definition) is 3. The van der Waals surface area contributed by atoms with Crippen LogP contribution in [0.1, 0.15) is 70.8 Å². The zero-order valence-corrected chi connectivity index (χ0v) is 17.3. The Hall–Kier alpha value is -1.97. The molecule has 2 aromatic rings. The molecule has 0 N–H and O–H groups in total. The van der Waals surface area contributed by atoms with Crippen molar-refractivity contribution in [3.63, 3.8) is 0 Å². The molecule has 0 saturated heterocycles. The zero-order valence-electron chi connectivity index (χ0n) is 17.3. The summed E-state index contributed by atoms with van der Waals surface area (Å²) >= 11 is 0. The summed E-state index contributed by atoms with van der Waals surface area (Å²) in [6.45, 7) is 4.71. The lowest BCUT2D eigenvalue weighted by Gasteiger charge is -2.28. The summed E-state index contributed by atoms with van der Waals surface area (Å²) in [4.78, 5) is 0. The molecule has 3 rings (SSSR count). The Morgan fingerprint density at radius 1 is 0.964 bits per heavy atom. The third-order valence-electron chi connectivity index (χ3n) is 6.02. The van der Waals surface area contributed by atoms with Crippen LogP contribution in [0.3, 0.4) is 0 Å². The molecule has 1 fully saturated rings. The van der Waals surface area contributed by atoms with Crippen LogP contribution < -0.4 is 4.74 Å². The van der Waals surface area contributed by atoms with E-state index in [1.165, 1.54) is 51.4 Å². The quantitative estimate of drug-likeness (QED) is 0.488. The predicted molar refractivity (Wildman–Crippen MR) is 112 cm³/mol. The number of hydrogen-bond donors (Lipinski definition) is 0. The Kier molecular flexibility index (Phi) is 7.81. The minimum Gasteiger partial charge on any atom is -0.477 e. The van der Waals surface area contributed by atoms with Gasteiger partial charge in [-0.15, -0.1) is 10.2 Å². The number of nitrogens with zero attached hydrogens (tertiary/aromatic N) is 2. The first-order chi connectivity index (χ1) is 13.7. The van der Waals surface area contributed by atoms with E-state index in [4.69, 9.17) is 4.74 Å². The van der Waals surface area contributed by atoms with Gasteiger partial charge in [0.05, 0.1) is 12.3 Å². The van der Waals surface area contributed by atoms with Gasteiger partial charge in [0.15, 0.2) is 0 Å².